The van der Waals surface area contributed by atoms with Gasteiger partial charge in [-0.25, -0.2) is 9.37 Å². The molecule has 0 bridgehead atoms. The van der Waals surface area contributed by atoms with Gasteiger partial charge in [0.25, 0.3) is 5.91 Å². The van der Waals surface area contributed by atoms with E-state index in [1.165, 1.54) is 41.2 Å². The zero-order chi connectivity index (χ0) is 21.6. The van der Waals surface area contributed by atoms with E-state index in [1.807, 2.05) is 6.26 Å². The molecule has 0 spiro atoms. The number of hydrogen-bond acceptors (Lipinski definition) is 4. The van der Waals surface area contributed by atoms with Gasteiger partial charge in [0.1, 0.15) is 11.0 Å². The molecule has 3 heterocycles. The smallest absolute Gasteiger partial charge is 0.334 e. The van der Waals surface area contributed by atoms with E-state index in [-0.39, 0.29) is 28.0 Å². The highest BCUT2D eigenvalue weighted by Gasteiger charge is 2.38. The number of pyridine rings is 1. The number of likely N-dealkylation sites (tertiary alicyclic amines) is 1. The number of aromatic nitrogens is 2. The summed E-state index contributed by atoms with van der Waals surface area (Å²) in [5.41, 5.74) is -1.44. The molecule has 2 aromatic heterocycles. The SMILES string of the molecule is CSNC1CN(C(=O)c2nc3c(C(F)(F)F)cc(-c4cccc(F)c4)cn3c2Cl)C1. The summed E-state index contributed by atoms with van der Waals surface area (Å²) < 4.78 is 58.9. The maximum absolute atomic E-state index is 13.7. The molecule has 0 saturated carbocycles. The van der Waals surface area contributed by atoms with Gasteiger partial charge in [-0.3, -0.25) is 13.9 Å². The Bertz CT molecular complexity index is 1130. The number of alkyl halides is 3. The number of nitrogens with one attached hydrogen (secondary N) is 1. The molecule has 0 unspecified atom stereocenters. The molecule has 0 radical (unpaired) electrons. The second kappa shape index (κ2) is 7.75. The Morgan fingerprint density at radius 1 is 1.27 bits per heavy atom. The number of imidazole rings is 1. The van der Waals surface area contributed by atoms with Gasteiger partial charge in [0.2, 0.25) is 0 Å². The Morgan fingerprint density at radius 3 is 2.63 bits per heavy atom. The van der Waals surface area contributed by atoms with E-state index in [0.29, 0.717) is 13.1 Å². The van der Waals surface area contributed by atoms with Crippen molar-refractivity contribution in [2.45, 2.75) is 12.2 Å². The van der Waals surface area contributed by atoms with Gasteiger partial charge in [-0.1, -0.05) is 35.7 Å². The number of carbonyl (C=O) groups is 1. The first-order valence-corrected chi connectivity index (χ1v) is 10.4. The van der Waals surface area contributed by atoms with E-state index in [0.717, 1.165) is 16.5 Å². The average Bonchev–Trinajstić information content (AvgIpc) is 2.99. The van der Waals surface area contributed by atoms with Gasteiger partial charge in [0, 0.05) is 19.3 Å². The minimum absolute atomic E-state index is 0.0980. The van der Waals surface area contributed by atoms with E-state index >= 15 is 0 Å². The molecule has 1 fully saturated rings. The summed E-state index contributed by atoms with van der Waals surface area (Å²) in [7, 11) is 0. The molecule has 1 saturated heterocycles. The monoisotopic (exact) mass is 458 g/mol. The quantitative estimate of drug-likeness (QED) is 0.462. The van der Waals surface area contributed by atoms with Gasteiger partial charge in [0.05, 0.1) is 11.6 Å². The van der Waals surface area contributed by atoms with Crippen LogP contribution in [0, 0.1) is 5.82 Å². The lowest BCUT2D eigenvalue weighted by Crippen LogP contribution is -2.58. The van der Waals surface area contributed by atoms with Crippen molar-refractivity contribution in [3.05, 3.63) is 58.8 Å². The van der Waals surface area contributed by atoms with E-state index in [1.54, 1.807) is 0 Å². The molecule has 1 N–H and O–H groups in total. The van der Waals surface area contributed by atoms with Crippen molar-refractivity contribution < 1.29 is 22.4 Å². The summed E-state index contributed by atoms with van der Waals surface area (Å²) in [5.74, 6) is -1.12. The molecule has 0 aliphatic carbocycles. The zero-order valence-corrected chi connectivity index (χ0v) is 17.1. The van der Waals surface area contributed by atoms with Crippen molar-refractivity contribution in [1.82, 2.24) is 19.0 Å². The highest BCUT2D eigenvalue weighted by atomic mass is 35.5. The number of halogens is 5. The molecular formula is C19H15ClF4N4OS. The second-order valence-corrected chi connectivity index (χ2v) is 7.83. The summed E-state index contributed by atoms with van der Waals surface area (Å²) in [4.78, 5) is 18.1. The largest absolute Gasteiger partial charge is 0.420 e. The molecule has 1 aliphatic rings. The summed E-state index contributed by atoms with van der Waals surface area (Å²) in [6, 6.07) is 6.18. The molecule has 3 aromatic rings. The first-order valence-electron chi connectivity index (χ1n) is 8.81. The maximum Gasteiger partial charge on any atom is 0.420 e. The van der Waals surface area contributed by atoms with Gasteiger partial charge in [-0.15, -0.1) is 0 Å². The molecule has 4 rings (SSSR count). The molecule has 1 aliphatic heterocycles. The van der Waals surface area contributed by atoms with Crippen molar-refractivity contribution in [2.24, 2.45) is 0 Å². The van der Waals surface area contributed by atoms with E-state index in [2.05, 4.69) is 9.71 Å². The van der Waals surface area contributed by atoms with Gasteiger partial charge in [-0.05, 0) is 35.6 Å². The maximum atomic E-state index is 13.7. The van der Waals surface area contributed by atoms with Crippen molar-refractivity contribution in [3.8, 4) is 11.1 Å². The first-order chi connectivity index (χ1) is 14.2. The van der Waals surface area contributed by atoms with Crippen LogP contribution < -0.4 is 4.72 Å². The summed E-state index contributed by atoms with van der Waals surface area (Å²) in [6.45, 7) is 0.815. The van der Waals surface area contributed by atoms with Gasteiger partial charge < -0.3 is 4.90 Å². The Balaban J connectivity index is 1.80. The standard InChI is InChI=1S/C19H15ClF4N4OS/c1-30-26-13-8-27(9-13)18(29)15-16(20)28-7-11(10-3-2-4-12(21)5-10)6-14(17(28)25-15)19(22,23)24/h2-7,13,26H,8-9H2,1H3. The summed E-state index contributed by atoms with van der Waals surface area (Å²) in [6.07, 6.45) is -1.57. The predicted octanol–water partition coefficient (Wildman–Crippen LogP) is 4.50. The van der Waals surface area contributed by atoms with Crippen molar-refractivity contribution in [1.29, 1.82) is 0 Å². The second-order valence-electron chi connectivity index (χ2n) is 6.82. The van der Waals surface area contributed by atoms with Crippen molar-refractivity contribution in [2.75, 3.05) is 19.3 Å². The highest BCUT2D eigenvalue weighted by molar-refractivity contribution is 7.96. The van der Waals surface area contributed by atoms with E-state index in [9.17, 15) is 22.4 Å². The Hall–Kier alpha value is -2.30. The molecule has 0 atom stereocenters. The van der Waals surface area contributed by atoms with Crippen LogP contribution in [0.4, 0.5) is 17.6 Å². The molecule has 1 amide bonds. The van der Waals surface area contributed by atoms with E-state index in [4.69, 9.17) is 11.6 Å². The number of benzene rings is 1. The number of fused-ring (bicyclic) bond motifs is 1. The van der Waals surface area contributed by atoms with Crippen LogP contribution in [-0.2, 0) is 6.18 Å². The summed E-state index contributed by atoms with van der Waals surface area (Å²) in [5, 5.41) is -0.222. The van der Waals surface area contributed by atoms with Crippen LogP contribution in [0.2, 0.25) is 5.15 Å². The topological polar surface area (TPSA) is 49.6 Å². The number of amides is 1. The fourth-order valence-electron chi connectivity index (χ4n) is 3.32. The normalized spacial score (nSPS) is 14.9. The van der Waals surface area contributed by atoms with Crippen molar-refractivity contribution in [3.63, 3.8) is 0 Å². The molecule has 158 valence electrons. The lowest BCUT2D eigenvalue weighted by molar-refractivity contribution is -0.136. The zero-order valence-electron chi connectivity index (χ0n) is 15.5. The van der Waals surface area contributed by atoms with Crippen LogP contribution in [0.15, 0.2) is 36.5 Å². The van der Waals surface area contributed by atoms with Crippen LogP contribution in [-0.4, -0.2) is 45.6 Å². The predicted molar refractivity (Wildman–Crippen MR) is 107 cm³/mol. The third kappa shape index (κ3) is 3.75. The third-order valence-electron chi connectivity index (χ3n) is 4.78. The Morgan fingerprint density at radius 2 is 2.00 bits per heavy atom. The van der Waals surface area contributed by atoms with Crippen molar-refractivity contribution >= 4 is 35.1 Å². The van der Waals surface area contributed by atoms with E-state index < -0.39 is 29.1 Å². The van der Waals surface area contributed by atoms with Crippen LogP contribution in [0.5, 0.6) is 0 Å². The molecule has 30 heavy (non-hydrogen) atoms. The number of nitrogens with zero attached hydrogens (tertiary/aromatic N) is 3. The lowest BCUT2D eigenvalue weighted by Gasteiger charge is -2.38. The number of carbonyl (C=O) groups excluding carboxylic acids is 1. The van der Waals surface area contributed by atoms with Gasteiger partial charge >= 0.3 is 6.18 Å². The molecule has 1 aromatic carbocycles. The molecule has 11 heteroatoms. The molecular weight excluding hydrogens is 444 g/mol. The molecule has 5 nitrogen and oxygen atoms in total. The Labute approximate surface area is 178 Å². The van der Waals surface area contributed by atoms with Crippen LogP contribution >= 0.6 is 23.5 Å². The first kappa shape index (κ1) is 21.0. The minimum Gasteiger partial charge on any atom is -0.334 e. The fraction of sp³-hybridized carbons (Fsp3) is 0.263. The van der Waals surface area contributed by atoms with Crippen LogP contribution in [0.1, 0.15) is 16.1 Å². The average molecular weight is 459 g/mol. The highest BCUT2D eigenvalue weighted by Crippen LogP contribution is 2.37. The number of rotatable bonds is 4. The van der Waals surface area contributed by atoms with Gasteiger partial charge in [0.15, 0.2) is 11.3 Å². The van der Waals surface area contributed by atoms with Crippen LogP contribution in [0.3, 0.4) is 0 Å². The van der Waals surface area contributed by atoms with Crippen LogP contribution in [0.25, 0.3) is 16.8 Å². The minimum atomic E-state index is -4.75. The lowest BCUT2D eigenvalue weighted by atomic mass is 10.1. The van der Waals surface area contributed by atoms with Gasteiger partial charge in [-0.2, -0.15) is 13.2 Å². The number of hydrogen-bond donors (Lipinski definition) is 1. The Kier molecular flexibility index (Phi) is 5.41. The third-order valence-corrected chi connectivity index (χ3v) is 5.71. The fourth-order valence-corrected chi connectivity index (χ4v) is 4.06. The summed E-state index contributed by atoms with van der Waals surface area (Å²) >= 11 is 7.70.